The van der Waals surface area contributed by atoms with Gasteiger partial charge in [0.2, 0.25) is 5.91 Å². The van der Waals surface area contributed by atoms with Crippen molar-refractivity contribution < 1.29 is 9.59 Å². The maximum Gasteiger partial charge on any atom is 0.251 e. The van der Waals surface area contributed by atoms with Crippen molar-refractivity contribution in [2.75, 3.05) is 0 Å². The van der Waals surface area contributed by atoms with Gasteiger partial charge in [0, 0.05) is 17.2 Å². The van der Waals surface area contributed by atoms with Gasteiger partial charge in [0.1, 0.15) is 0 Å². The summed E-state index contributed by atoms with van der Waals surface area (Å²) in [6.45, 7) is 0. The first-order valence-corrected chi connectivity index (χ1v) is 6.02. The monoisotopic (exact) mass is 244 g/mol. The molecule has 1 aliphatic carbocycles. The summed E-state index contributed by atoms with van der Waals surface area (Å²) in [5, 5.41) is 2.98. The predicted octanol–water partition coefficient (Wildman–Crippen LogP) is 1.62. The first-order valence-electron chi connectivity index (χ1n) is 6.02. The summed E-state index contributed by atoms with van der Waals surface area (Å²) in [6.07, 6.45) is 7.08. The van der Waals surface area contributed by atoms with E-state index in [1.54, 1.807) is 24.3 Å². The standard InChI is InChI=1S/C14H16N2O2/c15-13(17)10-6-8-11(9-7-10)14(18)16-12-4-2-1-3-5-12/h1-2,6-9,12H,3-5H2,(H2,15,17)(H,16,18). The fourth-order valence-corrected chi connectivity index (χ4v) is 1.98. The number of amides is 2. The third kappa shape index (κ3) is 2.97. The van der Waals surface area contributed by atoms with Crippen molar-refractivity contribution in [3.63, 3.8) is 0 Å². The van der Waals surface area contributed by atoms with Crippen LogP contribution in [0.3, 0.4) is 0 Å². The van der Waals surface area contributed by atoms with E-state index in [1.165, 1.54) is 0 Å². The summed E-state index contributed by atoms with van der Waals surface area (Å²) < 4.78 is 0. The van der Waals surface area contributed by atoms with E-state index in [0.29, 0.717) is 11.1 Å². The molecule has 0 spiro atoms. The van der Waals surface area contributed by atoms with E-state index in [-0.39, 0.29) is 11.9 Å². The minimum Gasteiger partial charge on any atom is -0.366 e. The highest BCUT2D eigenvalue weighted by Gasteiger charge is 2.14. The SMILES string of the molecule is NC(=O)c1ccc(C(=O)NC2CC=CCC2)cc1. The van der Waals surface area contributed by atoms with E-state index >= 15 is 0 Å². The van der Waals surface area contributed by atoms with Crippen LogP contribution in [0.1, 0.15) is 40.0 Å². The first-order chi connectivity index (χ1) is 8.66. The van der Waals surface area contributed by atoms with Crippen molar-refractivity contribution in [1.82, 2.24) is 5.32 Å². The molecule has 0 radical (unpaired) electrons. The molecule has 0 aromatic heterocycles. The normalized spacial score (nSPS) is 18.3. The van der Waals surface area contributed by atoms with Crippen molar-refractivity contribution >= 4 is 11.8 Å². The van der Waals surface area contributed by atoms with E-state index in [0.717, 1.165) is 19.3 Å². The van der Waals surface area contributed by atoms with Gasteiger partial charge in [-0.25, -0.2) is 0 Å². The molecule has 0 bridgehead atoms. The first kappa shape index (κ1) is 12.4. The molecule has 2 amide bonds. The Morgan fingerprint density at radius 1 is 1.11 bits per heavy atom. The molecular formula is C14H16N2O2. The number of carbonyl (C=O) groups excluding carboxylic acids is 2. The summed E-state index contributed by atoms with van der Waals surface area (Å²) in [6, 6.07) is 6.58. The second kappa shape index (κ2) is 5.49. The highest BCUT2D eigenvalue weighted by Crippen LogP contribution is 2.12. The Balaban J connectivity index is 2.00. The minimum absolute atomic E-state index is 0.105. The molecule has 4 heteroatoms. The molecule has 3 N–H and O–H groups in total. The van der Waals surface area contributed by atoms with Gasteiger partial charge in [-0.3, -0.25) is 9.59 Å². The van der Waals surface area contributed by atoms with Gasteiger partial charge in [-0.1, -0.05) is 12.2 Å². The summed E-state index contributed by atoms with van der Waals surface area (Å²) in [7, 11) is 0. The lowest BCUT2D eigenvalue weighted by Gasteiger charge is -2.19. The van der Waals surface area contributed by atoms with Crippen LogP contribution >= 0.6 is 0 Å². The van der Waals surface area contributed by atoms with E-state index < -0.39 is 5.91 Å². The van der Waals surface area contributed by atoms with Crippen LogP contribution in [0.25, 0.3) is 0 Å². The number of nitrogens with two attached hydrogens (primary N) is 1. The number of nitrogens with one attached hydrogen (secondary N) is 1. The highest BCUT2D eigenvalue weighted by atomic mass is 16.2. The quantitative estimate of drug-likeness (QED) is 0.793. The van der Waals surface area contributed by atoms with Gasteiger partial charge >= 0.3 is 0 Å². The molecular weight excluding hydrogens is 228 g/mol. The van der Waals surface area contributed by atoms with E-state index in [4.69, 9.17) is 5.73 Å². The number of hydrogen-bond donors (Lipinski definition) is 2. The molecule has 0 fully saturated rings. The Labute approximate surface area is 106 Å². The van der Waals surface area contributed by atoms with Gasteiger partial charge in [-0.2, -0.15) is 0 Å². The number of rotatable bonds is 3. The number of hydrogen-bond acceptors (Lipinski definition) is 2. The van der Waals surface area contributed by atoms with Crippen molar-refractivity contribution in [3.05, 3.63) is 47.5 Å². The topological polar surface area (TPSA) is 72.2 Å². The Kier molecular flexibility index (Phi) is 3.77. The molecule has 0 aliphatic heterocycles. The molecule has 18 heavy (non-hydrogen) atoms. The third-order valence-corrected chi connectivity index (χ3v) is 3.04. The Morgan fingerprint density at radius 2 is 1.78 bits per heavy atom. The molecule has 0 heterocycles. The average Bonchev–Trinajstić information content (AvgIpc) is 2.40. The third-order valence-electron chi connectivity index (χ3n) is 3.04. The molecule has 0 saturated carbocycles. The molecule has 1 unspecified atom stereocenters. The Hall–Kier alpha value is -2.10. The summed E-state index contributed by atoms with van der Waals surface area (Å²) in [5.74, 6) is -0.592. The Bertz CT molecular complexity index is 477. The smallest absolute Gasteiger partial charge is 0.251 e. The van der Waals surface area contributed by atoms with E-state index in [1.807, 2.05) is 0 Å². The summed E-state index contributed by atoms with van der Waals surface area (Å²) in [5.41, 5.74) is 6.10. The van der Waals surface area contributed by atoms with Crippen molar-refractivity contribution in [1.29, 1.82) is 0 Å². The van der Waals surface area contributed by atoms with Gasteiger partial charge in [0.05, 0.1) is 0 Å². The average molecular weight is 244 g/mol. The van der Waals surface area contributed by atoms with Crippen molar-refractivity contribution in [2.45, 2.75) is 25.3 Å². The van der Waals surface area contributed by atoms with Gasteiger partial charge in [0.15, 0.2) is 0 Å². The maximum atomic E-state index is 11.9. The largest absolute Gasteiger partial charge is 0.366 e. The van der Waals surface area contributed by atoms with Crippen LogP contribution in [0, 0.1) is 0 Å². The van der Waals surface area contributed by atoms with E-state index in [9.17, 15) is 9.59 Å². The lowest BCUT2D eigenvalue weighted by atomic mass is 10.0. The van der Waals surface area contributed by atoms with Crippen LogP contribution in [-0.2, 0) is 0 Å². The fraction of sp³-hybridized carbons (Fsp3) is 0.286. The van der Waals surface area contributed by atoms with Crippen molar-refractivity contribution in [2.24, 2.45) is 5.73 Å². The van der Waals surface area contributed by atoms with Crippen LogP contribution in [0.5, 0.6) is 0 Å². The lowest BCUT2D eigenvalue weighted by Crippen LogP contribution is -2.35. The number of benzene rings is 1. The lowest BCUT2D eigenvalue weighted by molar-refractivity contribution is 0.0932. The zero-order chi connectivity index (χ0) is 13.0. The second-order valence-electron chi connectivity index (χ2n) is 4.40. The van der Waals surface area contributed by atoms with Crippen molar-refractivity contribution in [3.8, 4) is 0 Å². The van der Waals surface area contributed by atoms with Crippen LogP contribution in [-0.4, -0.2) is 17.9 Å². The van der Waals surface area contributed by atoms with Crippen LogP contribution < -0.4 is 11.1 Å². The van der Waals surface area contributed by atoms with Crippen LogP contribution in [0.15, 0.2) is 36.4 Å². The molecule has 1 aromatic rings. The number of carbonyl (C=O) groups is 2. The zero-order valence-electron chi connectivity index (χ0n) is 10.1. The predicted molar refractivity (Wildman–Crippen MR) is 69.2 cm³/mol. The second-order valence-corrected chi connectivity index (χ2v) is 4.40. The molecule has 1 aliphatic rings. The van der Waals surface area contributed by atoms with Gasteiger partial charge in [-0.05, 0) is 43.5 Å². The number of allylic oxidation sites excluding steroid dienone is 1. The molecule has 94 valence electrons. The van der Waals surface area contributed by atoms with Crippen LogP contribution in [0.2, 0.25) is 0 Å². The van der Waals surface area contributed by atoms with Gasteiger partial charge in [-0.15, -0.1) is 0 Å². The molecule has 0 saturated heterocycles. The van der Waals surface area contributed by atoms with Crippen LogP contribution in [0.4, 0.5) is 0 Å². The molecule has 1 atom stereocenters. The highest BCUT2D eigenvalue weighted by molar-refractivity contribution is 5.97. The summed E-state index contributed by atoms with van der Waals surface area (Å²) in [4.78, 5) is 22.9. The van der Waals surface area contributed by atoms with E-state index in [2.05, 4.69) is 17.5 Å². The fourth-order valence-electron chi connectivity index (χ4n) is 1.98. The summed E-state index contributed by atoms with van der Waals surface area (Å²) >= 11 is 0. The number of primary amides is 1. The molecule has 4 nitrogen and oxygen atoms in total. The molecule has 2 rings (SSSR count). The van der Waals surface area contributed by atoms with Gasteiger partial charge < -0.3 is 11.1 Å². The zero-order valence-corrected chi connectivity index (χ0v) is 10.1. The van der Waals surface area contributed by atoms with Gasteiger partial charge in [0.25, 0.3) is 5.91 Å². The maximum absolute atomic E-state index is 11.9. The molecule has 1 aromatic carbocycles. The Morgan fingerprint density at radius 3 is 2.33 bits per heavy atom. The minimum atomic E-state index is -0.487.